The zero-order chi connectivity index (χ0) is 26.6. The highest BCUT2D eigenvalue weighted by atomic mass is 32.2. The highest BCUT2D eigenvalue weighted by Gasteiger charge is 2.31. The van der Waals surface area contributed by atoms with Gasteiger partial charge in [0.05, 0.1) is 37.9 Å². The molecule has 0 spiro atoms. The van der Waals surface area contributed by atoms with Crippen molar-refractivity contribution in [1.29, 1.82) is 0 Å². The molecular formula is C27H36N2O6S2. The minimum Gasteiger partial charge on any atom is -0.493 e. The summed E-state index contributed by atoms with van der Waals surface area (Å²) in [4.78, 5) is 16.6. The Kier molecular flexibility index (Phi) is 9.05. The number of carbonyl (C=O) groups excluding carboxylic acids is 1. The molecule has 37 heavy (non-hydrogen) atoms. The molecule has 0 saturated carbocycles. The number of hydrogen-bond acceptors (Lipinski definition) is 7. The first-order chi connectivity index (χ1) is 17.7. The molecule has 2 aromatic rings. The minimum atomic E-state index is -3.74. The van der Waals surface area contributed by atoms with E-state index in [-0.39, 0.29) is 10.8 Å². The van der Waals surface area contributed by atoms with Gasteiger partial charge in [0.2, 0.25) is 10.0 Å². The summed E-state index contributed by atoms with van der Waals surface area (Å²) in [5.41, 5.74) is 1.35. The molecule has 2 aliphatic rings. The molecule has 8 nitrogen and oxygen atoms in total. The van der Waals surface area contributed by atoms with Gasteiger partial charge in [-0.05, 0) is 42.5 Å². The Morgan fingerprint density at radius 2 is 1.76 bits per heavy atom. The van der Waals surface area contributed by atoms with Crippen LogP contribution < -0.4 is 9.47 Å². The number of nitrogens with zero attached hydrogens (tertiary/aromatic N) is 2. The number of ether oxygens (including phenoxy) is 3. The van der Waals surface area contributed by atoms with E-state index in [9.17, 15) is 13.2 Å². The molecule has 0 radical (unpaired) electrons. The number of likely N-dealkylation sites (tertiary alicyclic amines) is 1. The highest BCUT2D eigenvalue weighted by Crippen LogP contribution is 2.37. The second kappa shape index (κ2) is 12.1. The second-order valence-corrected chi connectivity index (χ2v) is 12.7. The molecular weight excluding hydrogens is 512 g/mol. The van der Waals surface area contributed by atoms with Crippen molar-refractivity contribution < 1.29 is 27.4 Å². The van der Waals surface area contributed by atoms with Crippen LogP contribution in [0.1, 0.15) is 36.2 Å². The molecule has 0 unspecified atom stereocenters. The number of amides is 1. The van der Waals surface area contributed by atoms with Crippen molar-refractivity contribution in [3.63, 3.8) is 0 Å². The van der Waals surface area contributed by atoms with Crippen LogP contribution in [0.2, 0.25) is 0 Å². The van der Waals surface area contributed by atoms with Crippen LogP contribution >= 0.6 is 11.8 Å². The van der Waals surface area contributed by atoms with Gasteiger partial charge in [0, 0.05) is 42.4 Å². The molecule has 202 valence electrons. The van der Waals surface area contributed by atoms with Gasteiger partial charge in [-0.1, -0.05) is 26.0 Å². The fourth-order valence-electron chi connectivity index (χ4n) is 5.12. The summed E-state index contributed by atoms with van der Waals surface area (Å²) in [5.74, 6) is 2.48. The standard InChI is InChI=1S/C27H36N2O6S2/c1-19-14-20(2)17-28(16-19)27(30)23-15-22(37(31,32)29-10-12-35-13-11-29)8-9-25(23)36-18-21-6-5-7-24(33-3)26(21)34-4/h5-9,15,19-20H,10-14,16-18H2,1-4H3/t19-,20+. The van der Waals surface area contributed by atoms with E-state index in [2.05, 4.69) is 13.8 Å². The van der Waals surface area contributed by atoms with Crippen LogP contribution in [0.4, 0.5) is 0 Å². The third-order valence-corrected chi connectivity index (χ3v) is 9.83. The first-order valence-corrected chi connectivity index (χ1v) is 15.0. The van der Waals surface area contributed by atoms with E-state index in [0.717, 1.165) is 16.9 Å². The Hall–Kier alpha value is -2.27. The fraction of sp³-hybridized carbons (Fsp3) is 0.519. The van der Waals surface area contributed by atoms with Gasteiger partial charge < -0.3 is 19.1 Å². The summed E-state index contributed by atoms with van der Waals surface area (Å²) < 4.78 is 44.6. The lowest BCUT2D eigenvalue weighted by atomic mass is 9.91. The maximum Gasteiger partial charge on any atom is 0.255 e. The number of benzene rings is 2. The third kappa shape index (κ3) is 6.25. The van der Waals surface area contributed by atoms with Crippen LogP contribution in [0.15, 0.2) is 46.2 Å². The van der Waals surface area contributed by atoms with Crippen molar-refractivity contribution in [2.24, 2.45) is 11.8 Å². The van der Waals surface area contributed by atoms with Gasteiger partial charge in [-0.2, -0.15) is 4.31 Å². The lowest BCUT2D eigenvalue weighted by molar-refractivity contribution is 0.0619. The monoisotopic (exact) mass is 548 g/mol. The van der Waals surface area contributed by atoms with E-state index in [1.54, 1.807) is 32.4 Å². The van der Waals surface area contributed by atoms with Crippen molar-refractivity contribution in [3.05, 3.63) is 47.5 Å². The molecule has 2 aliphatic heterocycles. The number of thioether (sulfide) groups is 1. The Bertz CT molecular complexity index is 1200. The van der Waals surface area contributed by atoms with Gasteiger partial charge in [-0.3, -0.25) is 4.79 Å². The van der Waals surface area contributed by atoms with Gasteiger partial charge in [-0.25, -0.2) is 8.42 Å². The van der Waals surface area contributed by atoms with Crippen LogP contribution in [-0.2, 0) is 20.5 Å². The van der Waals surface area contributed by atoms with Crippen LogP contribution in [0.5, 0.6) is 11.5 Å². The fourth-order valence-corrected chi connectivity index (χ4v) is 7.56. The maximum atomic E-state index is 13.8. The summed E-state index contributed by atoms with van der Waals surface area (Å²) >= 11 is 1.49. The van der Waals surface area contributed by atoms with Gasteiger partial charge in [0.25, 0.3) is 5.91 Å². The van der Waals surface area contributed by atoms with E-state index >= 15 is 0 Å². The van der Waals surface area contributed by atoms with Crippen molar-refractivity contribution in [2.45, 2.75) is 35.8 Å². The van der Waals surface area contributed by atoms with Gasteiger partial charge in [0.15, 0.2) is 11.5 Å². The Labute approximate surface area is 224 Å². The van der Waals surface area contributed by atoms with E-state index in [1.165, 1.54) is 16.1 Å². The molecule has 1 amide bonds. The predicted molar refractivity (Wildman–Crippen MR) is 144 cm³/mol. The van der Waals surface area contributed by atoms with Crippen molar-refractivity contribution in [1.82, 2.24) is 9.21 Å². The summed E-state index contributed by atoms with van der Waals surface area (Å²) in [6.45, 7) is 6.97. The molecule has 2 saturated heterocycles. The SMILES string of the molecule is COc1cccc(CSc2ccc(S(=O)(=O)N3CCOCC3)cc2C(=O)N2C[C@H](C)C[C@H](C)C2)c1OC. The summed E-state index contributed by atoms with van der Waals surface area (Å²) in [6.07, 6.45) is 1.08. The van der Waals surface area contributed by atoms with E-state index in [0.29, 0.717) is 74.0 Å². The maximum absolute atomic E-state index is 13.8. The number of hydrogen-bond donors (Lipinski definition) is 0. The van der Waals surface area contributed by atoms with Crippen LogP contribution in [0.25, 0.3) is 0 Å². The molecule has 0 N–H and O–H groups in total. The number of methoxy groups -OCH3 is 2. The average Bonchev–Trinajstić information content (AvgIpc) is 2.91. The first-order valence-electron chi connectivity index (χ1n) is 12.6. The summed E-state index contributed by atoms with van der Waals surface area (Å²) in [5, 5.41) is 0. The number of carbonyl (C=O) groups is 1. The molecule has 10 heteroatoms. The van der Waals surface area contributed by atoms with Crippen molar-refractivity contribution in [2.75, 3.05) is 53.6 Å². The number of piperidine rings is 1. The zero-order valence-corrected chi connectivity index (χ0v) is 23.6. The molecule has 2 heterocycles. The van der Waals surface area contributed by atoms with E-state index in [1.807, 2.05) is 23.1 Å². The predicted octanol–water partition coefficient (Wildman–Crippen LogP) is 4.14. The smallest absolute Gasteiger partial charge is 0.255 e. The number of sulfonamides is 1. The molecule has 2 aromatic carbocycles. The second-order valence-electron chi connectivity index (χ2n) is 9.77. The molecule has 0 bridgehead atoms. The van der Waals surface area contributed by atoms with Crippen LogP contribution in [0, 0.1) is 11.8 Å². The van der Waals surface area contributed by atoms with Crippen LogP contribution in [-0.4, -0.2) is 77.1 Å². The number of rotatable bonds is 8. The van der Waals surface area contributed by atoms with Gasteiger partial charge >= 0.3 is 0 Å². The largest absolute Gasteiger partial charge is 0.493 e. The minimum absolute atomic E-state index is 0.127. The Morgan fingerprint density at radius 1 is 1.05 bits per heavy atom. The lowest BCUT2D eigenvalue weighted by Gasteiger charge is -2.35. The zero-order valence-electron chi connectivity index (χ0n) is 21.9. The van der Waals surface area contributed by atoms with Gasteiger partial charge in [-0.15, -0.1) is 11.8 Å². The van der Waals surface area contributed by atoms with E-state index in [4.69, 9.17) is 14.2 Å². The molecule has 2 fully saturated rings. The molecule has 0 aliphatic carbocycles. The average molecular weight is 549 g/mol. The number of para-hydroxylation sites is 1. The van der Waals surface area contributed by atoms with E-state index < -0.39 is 10.0 Å². The normalized spacial score (nSPS) is 21.0. The first kappa shape index (κ1) is 27.8. The van der Waals surface area contributed by atoms with Gasteiger partial charge in [0.1, 0.15) is 0 Å². The Morgan fingerprint density at radius 3 is 2.41 bits per heavy atom. The summed E-state index contributed by atoms with van der Waals surface area (Å²) in [6, 6.07) is 10.6. The quantitative estimate of drug-likeness (QED) is 0.459. The number of morpholine rings is 1. The highest BCUT2D eigenvalue weighted by molar-refractivity contribution is 7.98. The molecule has 2 atom stereocenters. The Balaban J connectivity index is 1.68. The lowest BCUT2D eigenvalue weighted by Crippen LogP contribution is -2.43. The summed E-state index contributed by atoms with van der Waals surface area (Å²) in [7, 11) is -0.538. The third-order valence-electron chi connectivity index (χ3n) is 6.81. The van der Waals surface area contributed by atoms with Crippen molar-refractivity contribution in [3.8, 4) is 11.5 Å². The molecule has 4 rings (SSSR count). The van der Waals surface area contributed by atoms with Crippen molar-refractivity contribution >= 4 is 27.7 Å². The molecule has 0 aromatic heterocycles. The van der Waals surface area contributed by atoms with Crippen LogP contribution in [0.3, 0.4) is 0 Å². The topological polar surface area (TPSA) is 85.4 Å².